The molecule has 2 atom stereocenters. The fourth-order valence-corrected chi connectivity index (χ4v) is 3.11. The number of hydrogen-bond donors (Lipinski definition) is 1. The molecule has 0 amide bonds. The molecule has 0 aromatic rings. The van der Waals surface area contributed by atoms with Crippen LogP contribution in [0.5, 0.6) is 0 Å². The summed E-state index contributed by atoms with van der Waals surface area (Å²) in [5.41, 5.74) is -0.223. The Kier molecular flexibility index (Phi) is 2.64. The van der Waals surface area contributed by atoms with Crippen LogP contribution in [0.1, 0.15) is 58.3 Å². The lowest BCUT2D eigenvalue weighted by atomic mass is 9.90. The summed E-state index contributed by atoms with van der Waals surface area (Å²) in [5, 5.41) is 10.3. The fourth-order valence-electron chi connectivity index (χ4n) is 3.11. The molecule has 2 aliphatic carbocycles. The zero-order valence-electron chi connectivity index (χ0n) is 8.76. The van der Waals surface area contributed by atoms with Gasteiger partial charge in [0.1, 0.15) is 0 Å². The molecule has 1 N–H and O–H groups in total. The lowest BCUT2D eigenvalue weighted by molar-refractivity contribution is 0.0562. The monoisotopic (exact) mass is 182 g/mol. The Labute approximate surface area is 81.5 Å². The molecule has 2 saturated carbocycles. The van der Waals surface area contributed by atoms with Crippen LogP contribution in [0.3, 0.4) is 0 Å². The maximum Gasteiger partial charge on any atom is 0.0708 e. The van der Waals surface area contributed by atoms with E-state index in [9.17, 15) is 5.11 Å². The molecule has 2 rings (SSSR count). The summed E-state index contributed by atoms with van der Waals surface area (Å²) < 4.78 is 0. The SMILES string of the molecule is CCC1CC1(O)C1CCCCCC1. The number of aliphatic hydroxyl groups is 1. The summed E-state index contributed by atoms with van der Waals surface area (Å²) in [6.45, 7) is 2.21. The maximum absolute atomic E-state index is 10.3. The van der Waals surface area contributed by atoms with Gasteiger partial charge in [-0.2, -0.15) is 0 Å². The van der Waals surface area contributed by atoms with Crippen molar-refractivity contribution < 1.29 is 5.11 Å². The van der Waals surface area contributed by atoms with Crippen molar-refractivity contribution in [3.63, 3.8) is 0 Å². The molecule has 0 aromatic heterocycles. The Morgan fingerprint density at radius 2 is 1.77 bits per heavy atom. The number of hydrogen-bond acceptors (Lipinski definition) is 1. The normalized spacial score (nSPS) is 41.5. The topological polar surface area (TPSA) is 20.2 Å². The maximum atomic E-state index is 10.3. The molecular formula is C12H22O. The summed E-state index contributed by atoms with van der Waals surface area (Å²) in [7, 11) is 0. The van der Waals surface area contributed by atoms with Crippen LogP contribution in [0.25, 0.3) is 0 Å². The van der Waals surface area contributed by atoms with Crippen molar-refractivity contribution >= 4 is 0 Å². The largest absolute Gasteiger partial charge is 0.389 e. The Morgan fingerprint density at radius 3 is 2.23 bits per heavy atom. The Balaban J connectivity index is 1.92. The quantitative estimate of drug-likeness (QED) is 0.651. The van der Waals surface area contributed by atoms with Crippen LogP contribution in [0, 0.1) is 11.8 Å². The molecule has 0 aliphatic heterocycles. The molecule has 2 aliphatic rings. The van der Waals surface area contributed by atoms with E-state index in [1.54, 1.807) is 0 Å². The van der Waals surface area contributed by atoms with Crippen molar-refractivity contribution in [2.75, 3.05) is 0 Å². The average molecular weight is 182 g/mol. The van der Waals surface area contributed by atoms with Gasteiger partial charge in [-0.1, -0.05) is 39.0 Å². The predicted molar refractivity (Wildman–Crippen MR) is 54.5 cm³/mol. The van der Waals surface area contributed by atoms with Crippen molar-refractivity contribution in [1.29, 1.82) is 0 Å². The minimum Gasteiger partial charge on any atom is -0.389 e. The van der Waals surface area contributed by atoms with E-state index in [-0.39, 0.29) is 5.60 Å². The van der Waals surface area contributed by atoms with E-state index in [1.807, 2.05) is 0 Å². The van der Waals surface area contributed by atoms with Gasteiger partial charge in [0.25, 0.3) is 0 Å². The molecule has 0 bridgehead atoms. The first-order chi connectivity index (χ1) is 6.27. The fraction of sp³-hybridized carbons (Fsp3) is 1.00. The Hall–Kier alpha value is -0.0400. The summed E-state index contributed by atoms with van der Waals surface area (Å²) in [4.78, 5) is 0. The van der Waals surface area contributed by atoms with E-state index < -0.39 is 0 Å². The van der Waals surface area contributed by atoms with Crippen molar-refractivity contribution in [3.05, 3.63) is 0 Å². The van der Waals surface area contributed by atoms with E-state index >= 15 is 0 Å². The second-order valence-electron chi connectivity index (χ2n) is 4.99. The molecule has 0 saturated heterocycles. The van der Waals surface area contributed by atoms with Crippen molar-refractivity contribution in [3.8, 4) is 0 Å². The van der Waals surface area contributed by atoms with Gasteiger partial charge in [0.15, 0.2) is 0 Å². The van der Waals surface area contributed by atoms with Gasteiger partial charge in [-0.05, 0) is 31.1 Å². The molecular weight excluding hydrogens is 160 g/mol. The smallest absolute Gasteiger partial charge is 0.0708 e. The highest BCUT2D eigenvalue weighted by Gasteiger charge is 2.55. The summed E-state index contributed by atoms with van der Waals surface area (Å²) >= 11 is 0. The van der Waals surface area contributed by atoms with Gasteiger partial charge < -0.3 is 5.11 Å². The molecule has 0 radical (unpaired) electrons. The van der Waals surface area contributed by atoms with Gasteiger partial charge in [0.05, 0.1) is 5.60 Å². The van der Waals surface area contributed by atoms with Crippen LogP contribution in [0.15, 0.2) is 0 Å². The third kappa shape index (κ3) is 1.76. The molecule has 76 valence electrons. The Morgan fingerprint density at radius 1 is 1.15 bits per heavy atom. The van der Waals surface area contributed by atoms with Crippen LogP contribution in [-0.2, 0) is 0 Å². The molecule has 1 heteroatoms. The minimum absolute atomic E-state index is 0.223. The van der Waals surface area contributed by atoms with Gasteiger partial charge in [0.2, 0.25) is 0 Å². The lowest BCUT2D eigenvalue weighted by Gasteiger charge is -2.21. The molecule has 0 heterocycles. The predicted octanol–water partition coefficient (Wildman–Crippen LogP) is 3.12. The van der Waals surface area contributed by atoms with Crippen LogP contribution >= 0.6 is 0 Å². The minimum atomic E-state index is -0.223. The number of rotatable bonds is 2. The highest BCUT2D eigenvalue weighted by Crippen LogP contribution is 2.54. The third-order valence-electron chi connectivity index (χ3n) is 4.18. The van der Waals surface area contributed by atoms with Crippen molar-refractivity contribution in [2.45, 2.75) is 63.9 Å². The molecule has 1 nitrogen and oxygen atoms in total. The molecule has 0 aromatic carbocycles. The van der Waals surface area contributed by atoms with Crippen LogP contribution in [0.2, 0.25) is 0 Å². The van der Waals surface area contributed by atoms with Crippen LogP contribution in [0.4, 0.5) is 0 Å². The summed E-state index contributed by atoms with van der Waals surface area (Å²) in [6.07, 6.45) is 10.3. The third-order valence-corrected chi connectivity index (χ3v) is 4.18. The molecule has 0 spiro atoms. The first kappa shape index (κ1) is 9.51. The standard InChI is InChI=1S/C12H22O/c1-2-10-9-12(10,13)11-7-5-3-4-6-8-11/h10-11,13H,2-9H2,1H3. The first-order valence-electron chi connectivity index (χ1n) is 5.99. The zero-order chi connectivity index (χ0) is 9.31. The summed E-state index contributed by atoms with van der Waals surface area (Å²) in [6, 6.07) is 0. The Bertz CT molecular complexity index is 170. The van der Waals surface area contributed by atoms with Crippen molar-refractivity contribution in [2.24, 2.45) is 11.8 Å². The first-order valence-corrected chi connectivity index (χ1v) is 5.99. The van der Waals surface area contributed by atoms with Gasteiger partial charge >= 0.3 is 0 Å². The van der Waals surface area contributed by atoms with E-state index in [4.69, 9.17) is 0 Å². The molecule has 2 unspecified atom stereocenters. The molecule has 2 fully saturated rings. The van der Waals surface area contributed by atoms with E-state index in [0.29, 0.717) is 11.8 Å². The highest BCUT2D eigenvalue weighted by atomic mass is 16.3. The second-order valence-corrected chi connectivity index (χ2v) is 4.99. The van der Waals surface area contributed by atoms with E-state index in [2.05, 4.69) is 6.92 Å². The lowest BCUT2D eigenvalue weighted by Crippen LogP contribution is -2.24. The average Bonchev–Trinajstić information content (AvgIpc) is 2.84. The highest BCUT2D eigenvalue weighted by molar-refractivity contribution is 5.06. The van der Waals surface area contributed by atoms with Crippen molar-refractivity contribution in [1.82, 2.24) is 0 Å². The van der Waals surface area contributed by atoms with Gasteiger partial charge in [-0.3, -0.25) is 0 Å². The summed E-state index contributed by atoms with van der Waals surface area (Å²) in [5.74, 6) is 1.27. The van der Waals surface area contributed by atoms with Gasteiger partial charge in [-0.15, -0.1) is 0 Å². The second kappa shape index (κ2) is 3.61. The van der Waals surface area contributed by atoms with Gasteiger partial charge in [0, 0.05) is 0 Å². The van der Waals surface area contributed by atoms with Crippen LogP contribution in [-0.4, -0.2) is 10.7 Å². The van der Waals surface area contributed by atoms with E-state index in [0.717, 1.165) is 6.42 Å². The van der Waals surface area contributed by atoms with Crippen LogP contribution < -0.4 is 0 Å². The van der Waals surface area contributed by atoms with E-state index in [1.165, 1.54) is 44.9 Å². The zero-order valence-corrected chi connectivity index (χ0v) is 8.76. The van der Waals surface area contributed by atoms with Gasteiger partial charge in [-0.25, -0.2) is 0 Å². The molecule has 13 heavy (non-hydrogen) atoms.